The van der Waals surface area contributed by atoms with Gasteiger partial charge in [0.25, 0.3) is 0 Å². The van der Waals surface area contributed by atoms with Gasteiger partial charge in [-0.25, -0.2) is 0 Å². The lowest BCUT2D eigenvalue weighted by Gasteiger charge is -2.22. The number of rotatable bonds is 12. The van der Waals surface area contributed by atoms with Gasteiger partial charge in [-0.15, -0.1) is 0 Å². The summed E-state index contributed by atoms with van der Waals surface area (Å²) in [5.41, 5.74) is 3.73. The van der Waals surface area contributed by atoms with E-state index in [0.717, 1.165) is 22.3 Å². The second kappa shape index (κ2) is 12.9. The maximum absolute atomic E-state index is 12.5. The molecule has 0 aliphatic heterocycles. The van der Waals surface area contributed by atoms with Gasteiger partial charge in [0.2, 0.25) is 0 Å². The van der Waals surface area contributed by atoms with E-state index < -0.39 is 24.0 Å². The quantitative estimate of drug-likeness (QED) is 0.363. The molecular weight excluding hydrogens is 454 g/mol. The van der Waals surface area contributed by atoms with Crippen LogP contribution >= 0.6 is 11.6 Å². The van der Waals surface area contributed by atoms with E-state index in [1.807, 2.05) is 78.9 Å². The number of ether oxygens (including phenoxy) is 2. The third kappa shape index (κ3) is 7.70. The van der Waals surface area contributed by atoms with Crippen LogP contribution in [0.2, 0.25) is 5.02 Å². The van der Waals surface area contributed by atoms with Gasteiger partial charge in [-0.05, 0) is 47.7 Å². The second-order valence-corrected chi connectivity index (χ2v) is 8.21. The van der Waals surface area contributed by atoms with E-state index >= 15 is 0 Å². The van der Waals surface area contributed by atoms with E-state index in [2.05, 4.69) is 5.32 Å². The number of carboxylic acid groups (broad SMARTS) is 1. The lowest BCUT2D eigenvalue weighted by atomic mass is 10.0. The smallest absolute Gasteiger partial charge is 0.325 e. The molecule has 0 fully saturated rings. The summed E-state index contributed by atoms with van der Waals surface area (Å²) >= 11 is 6.08. The standard InChI is InChI=1S/C27H28ClNO5/c1-2-34-27(32)25(18-33-17-20-7-4-3-5-8-20)29-24(26(30)31)15-19-11-13-21(14-12-19)22-9-6-10-23(28)16-22/h3-14,16,24-25,29H,2,15,17-18H2,1H3,(H,30,31)/t24-,25-/m0/s1. The Labute approximate surface area is 204 Å². The Hall–Kier alpha value is -3.19. The van der Waals surface area contributed by atoms with Crippen LogP contribution in [0.15, 0.2) is 78.9 Å². The van der Waals surface area contributed by atoms with Gasteiger partial charge in [0, 0.05) is 5.02 Å². The lowest BCUT2D eigenvalue weighted by molar-refractivity contribution is -0.148. The number of halogens is 1. The van der Waals surface area contributed by atoms with Crippen molar-refractivity contribution in [3.63, 3.8) is 0 Å². The second-order valence-electron chi connectivity index (χ2n) is 7.77. The van der Waals surface area contributed by atoms with Crippen LogP contribution in [0, 0.1) is 0 Å². The SMILES string of the molecule is CCOC(=O)[C@H](COCc1ccccc1)N[C@@H](Cc1ccc(-c2cccc(Cl)c2)cc1)C(=O)O. The van der Waals surface area contributed by atoms with E-state index in [0.29, 0.717) is 11.6 Å². The zero-order valence-electron chi connectivity index (χ0n) is 18.9. The van der Waals surface area contributed by atoms with Gasteiger partial charge in [-0.3, -0.25) is 14.9 Å². The molecule has 0 aromatic heterocycles. The average Bonchev–Trinajstić information content (AvgIpc) is 2.84. The Balaban J connectivity index is 1.66. The maximum atomic E-state index is 12.5. The molecule has 3 rings (SSSR count). The van der Waals surface area contributed by atoms with Crippen molar-refractivity contribution in [2.75, 3.05) is 13.2 Å². The molecular formula is C27H28ClNO5. The third-order valence-electron chi connectivity index (χ3n) is 5.22. The minimum atomic E-state index is -1.06. The fourth-order valence-corrected chi connectivity index (χ4v) is 3.68. The largest absolute Gasteiger partial charge is 0.480 e. The molecule has 6 nitrogen and oxygen atoms in total. The summed E-state index contributed by atoms with van der Waals surface area (Å²) in [5, 5.41) is 13.4. The third-order valence-corrected chi connectivity index (χ3v) is 5.45. The van der Waals surface area contributed by atoms with Gasteiger partial charge in [0.1, 0.15) is 12.1 Å². The highest BCUT2D eigenvalue weighted by molar-refractivity contribution is 6.30. The molecule has 178 valence electrons. The Morgan fingerprint density at radius 3 is 2.29 bits per heavy atom. The Morgan fingerprint density at radius 2 is 1.65 bits per heavy atom. The normalized spacial score (nSPS) is 12.6. The van der Waals surface area contributed by atoms with E-state index in [1.165, 1.54) is 0 Å². The Morgan fingerprint density at radius 1 is 0.912 bits per heavy atom. The minimum absolute atomic E-state index is 0.00872. The molecule has 2 atom stereocenters. The van der Waals surface area contributed by atoms with Crippen LogP contribution in [0.3, 0.4) is 0 Å². The van der Waals surface area contributed by atoms with E-state index in [4.69, 9.17) is 21.1 Å². The van der Waals surface area contributed by atoms with Crippen LogP contribution in [0.25, 0.3) is 11.1 Å². The molecule has 0 unspecified atom stereocenters. The van der Waals surface area contributed by atoms with E-state index in [9.17, 15) is 14.7 Å². The number of nitrogens with one attached hydrogen (secondary N) is 1. The van der Waals surface area contributed by atoms with Gasteiger partial charge in [0.15, 0.2) is 0 Å². The summed E-state index contributed by atoms with van der Waals surface area (Å²) in [6, 6.07) is 22.8. The zero-order valence-corrected chi connectivity index (χ0v) is 19.7. The van der Waals surface area contributed by atoms with Crippen molar-refractivity contribution in [2.45, 2.75) is 32.0 Å². The first-order valence-electron chi connectivity index (χ1n) is 11.1. The van der Waals surface area contributed by atoms with Crippen molar-refractivity contribution >= 4 is 23.5 Å². The van der Waals surface area contributed by atoms with Crippen LogP contribution in [-0.2, 0) is 32.1 Å². The molecule has 0 spiro atoms. The summed E-state index contributed by atoms with van der Waals surface area (Å²) in [6.45, 7) is 2.20. The highest BCUT2D eigenvalue weighted by Crippen LogP contribution is 2.23. The van der Waals surface area contributed by atoms with Crippen molar-refractivity contribution in [3.05, 3.63) is 95.0 Å². The number of hydrogen-bond acceptors (Lipinski definition) is 5. The highest BCUT2D eigenvalue weighted by Gasteiger charge is 2.27. The molecule has 0 radical (unpaired) electrons. The molecule has 0 amide bonds. The topological polar surface area (TPSA) is 84.9 Å². The van der Waals surface area contributed by atoms with Gasteiger partial charge in [0.05, 0.1) is 19.8 Å². The predicted molar refractivity (Wildman–Crippen MR) is 132 cm³/mol. The first-order valence-corrected chi connectivity index (χ1v) is 11.5. The molecule has 3 aromatic carbocycles. The van der Waals surface area contributed by atoms with E-state index in [1.54, 1.807) is 6.92 Å². The number of hydrogen-bond donors (Lipinski definition) is 2. The number of carbonyl (C=O) groups excluding carboxylic acids is 1. The average molecular weight is 482 g/mol. The first kappa shape index (κ1) is 25.4. The Kier molecular flexibility index (Phi) is 9.64. The maximum Gasteiger partial charge on any atom is 0.325 e. The zero-order chi connectivity index (χ0) is 24.3. The van der Waals surface area contributed by atoms with Crippen molar-refractivity contribution in [2.24, 2.45) is 0 Å². The molecule has 0 aliphatic carbocycles. The monoisotopic (exact) mass is 481 g/mol. The van der Waals surface area contributed by atoms with Gasteiger partial charge in [-0.1, -0.05) is 78.3 Å². The van der Waals surface area contributed by atoms with Gasteiger partial charge >= 0.3 is 11.9 Å². The predicted octanol–water partition coefficient (Wildman–Crippen LogP) is 4.74. The van der Waals surface area contributed by atoms with E-state index in [-0.39, 0.29) is 19.6 Å². The van der Waals surface area contributed by atoms with Crippen molar-refractivity contribution in [1.82, 2.24) is 5.32 Å². The molecule has 2 N–H and O–H groups in total. The number of benzene rings is 3. The van der Waals surface area contributed by atoms with Gasteiger partial charge in [-0.2, -0.15) is 0 Å². The lowest BCUT2D eigenvalue weighted by Crippen LogP contribution is -2.51. The van der Waals surface area contributed by atoms with Crippen molar-refractivity contribution in [3.8, 4) is 11.1 Å². The molecule has 0 bridgehead atoms. The number of aliphatic carboxylic acids is 1. The first-order chi connectivity index (χ1) is 16.5. The van der Waals surface area contributed by atoms with Crippen LogP contribution in [-0.4, -0.2) is 42.3 Å². The van der Waals surface area contributed by atoms with Crippen molar-refractivity contribution in [1.29, 1.82) is 0 Å². The molecule has 34 heavy (non-hydrogen) atoms. The molecule has 7 heteroatoms. The fourth-order valence-electron chi connectivity index (χ4n) is 3.49. The fraction of sp³-hybridized carbons (Fsp3) is 0.259. The number of carbonyl (C=O) groups is 2. The molecule has 0 saturated carbocycles. The van der Waals surface area contributed by atoms with Crippen LogP contribution in [0.4, 0.5) is 0 Å². The number of carboxylic acids is 1. The van der Waals surface area contributed by atoms with Crippen LogP contribution in [0.1, 0.15) is 18.1 Å². The summed E-state index contributed by atoms with van der Waals surface area (Å²) in [7, 11) is 0. The van der Waals surface area contributed by atoms with Crippen LogP contribution in [0.5, 0.6) is 0 Å². The van der Waals surface area contributed by atoms with Gasteiger partial charge < -0.3 is 14.6 Å². The van der Waals surface area contributed by atoms with Crippen LogP contribution < -0.4 is 5.32 Å². The molecule has 0 aliphatic rings. The summed E-state index contributed by atoms with van der Waals surface area (Å²) in [5.74, 6) is -1.60. The number of esters is 1. The molecule has 0 saturated heterocycles. The summed E-state index contributed by atoms with van der Waals surface area (Å²) in [4.78, 5) is 24.4. The molecule has 0 heterocycles. The minimum Gasteiger partial charge on any atom is -0.480 e. The summed E-state index contributed by atoms with van der Waals surface area (Å²) < 4.78 is 10.8. The van der Waals surface area contributed by atoms with Crippen molar-refractivity contribution < 1.29 is 24.2 Å². The molecule has 3 aromatic rings. The summed E-state index contributed by atoms with van der Waals surface area (Å²) in [6.07, 6.45) is 0.194. The Bertz CT molecular complexity index is 1070. The highest BCUT2D eigenvalue weighted by atomic mass is 35.5.